The van der Waals surface area contributed by atoms with Crippen LogP contribution in [0.1, 0.15) is 26.2 Å². The van der Waals surface area contributed by atoms with Gasteiger partial charge in [0.15, 0.2) is 0 Å². The summed E-state index contributed by atoms with van der Waals surface area (Å²) >= 11 is 0. The Morgan fingerprint density at radius 1 is 1.33 bits per heavy atom. The van der Waals surface area contributed by atoms with Crippen LogP contribution in [-0.2, 0) is 0 Å². The number of rotatable bonds is 0. The van der Waals surface area contributed by atoms with Crippen molar-refractivity contribution in [1.82, 2.24) is 0 Å². The van der Waals surface area contributed by atoms with E-state index in [1.54, 1.807) is 0 Å². The molecule has 0 saturated carbocycles. The molecule has 0 fully saturated rings. The van der Waals surface area contributed by atoms with Crippen LogP contribution in [0.3, 0.4) is 0 Å². The zero-order valence-corrected chi connectivity index (χ0v) is 6.01. The van der Waals surface area contributed by atoms with Crippen molar-refractivity contribution in [3.63, 3.8) is 0 Å². The predicted octanol–water partition coefficient (Wildman–Crippen LogP) is 2.61. The van der Waals surface area contributed by atoms with Gasteiger partial charge in [0.2, 0.25) is 0 Å². The molecule has 1 aliphatic rings. The van der Waals surface area contributed by atoms with E-state index >= 15 is 0 Å². The Kier molecular flexibility index (Phi) is 5.01. The zero-order chi connectivity index (χ0) is 7.11. The molecule has 0 amide bonds. The molecule has 1 unspecified atom stereocenters. The Bertz CT molecular complexity index is 97.9. The van der Waals surface area contributed by atoms with Gasteiger partial charge in [-0.2, -0.15) is 0 Å². The van der Waals surface area contributed by atoms with Gasteiger partial charge in [-0.25, -0.2) is 0 Å². The van der Waals surface area contributed by atoms with Crippen LogP contribution in [0.2, 0.25) is 0 Å². The van der Waals surface area contributed by atoms with E-state index in [0.29, 0.717) is 0 Å². The summed E-state index contributed by atoms with van der Waals surface area (Å²) in [5.41, 5.74) is 0. The number of allylic oxidation sites excluding steroid dienone is 2. The molecule has 0 heteroatoms. The first-order chi connectivity index (χ1) is 4.39. The highest BCUT2D eigenvalue weighted by atomic mass is 14.1. The van der Waals surface area contributed by atoms with Gasteiger partial charge in [0.1, 0.15) is 0 Å². The third-order valence-electron chi connectivity index (χ3n) is 1.53. The highest BCUT2D eigenvalue weighted by molar-refractivity contribution is 4.88. The number of terminal acetylenes is 1. The van der Waals surface area contributed by atoms with Crippen molar-refractivity contribution < 1.29 is 0 Å². The highest BCUT2D eigenvalue weighted by Gasteiger charge is 2.00. The van der Waals surface area contributed by atoms with Gasteiger partial charge in [0.25, 0.3) is 0 Å². The lowest BCUT2D eigenvalue weighted by Gasteiger charge is -2.09. The Morgan fingerprint density at radius 3 is 2.22 bits per heavy atom. The summed E-state index contributed by atoms with van der Waals surface area (Å²) in [6, 6.07) is 0. The van der Waals surface area contributed by atoms with Crippen LogP contribution in [0.5, 0.6) is 0 Å². The van der Waals surface area contributed by atoms with Crippen LogP contribution in [0.4, 0.5) is 0 Å². The second-order valence-electron chi connectivity index (χ2n) is 2.39. The van der Waals surface area contributed by atoms with Crippen LogP contribution >= 0.6 is 0 Å². The summed E-state index contributed by atoms with van der Waals surface area (Å²) in [5.74, 6) is 0.949. The molecule has 0 aromatic carbocycles. The monoisotopic (exact) mass is 122 g/mol. The molecule has 9 heavy (non-hydrogen) atoms. The molecule has 0 saturated heterocycles. The maximum atomic E-state index is 4.00. The van der Waals surface area contributed by atoms with Crippen LogP contribution in [0.15, 0.2) is 12.2 Å². The molecular weight excluding hydrogens is 108 g/mol. The van der Waals surface area contributed by atoms with E-state index in [-0.39, 0.29) is 0 Å². The summed E-state index contributed by atoms with van der Waals surface area (Å²) < 4.78 is 0. The average Bonchev–Trinajstić information content (AvgIpc) is 1.94. The second kappa shape index (κ2) is 5.44. The topological polar surface area (TPSA) is 0 Å². The van der Waals surface area contributed by atoms with Crippen LogP contribution in [-0.4, -0.2) is 0 Å². The fourth-order valence-electron chi connectivity index (χ4n) is 0.945. The number of hydrogen-bond donors (Lipinski definition) is 0. The first-order valence-corrected chi connectivity index (χ1v) is 3.38. The molecule has 0 aromatic heterocycles. The molecule has 0 radical (unpaired) electrons. The van der Waals surface area contributed by atoms with E-state index in [2.05, 4.69) is 31.9 Å². The van der Waals surface area contributed by atoms with Crippen molar-refractivity contribution in [3.05, 3.63) is 12.2 Å². The normalized spacial score (nSPS) is 24.1. The zero-order valence-electron chi connectivity index (χ0n) is 6.01. The maximum Gasteiger partial charge on any atom is -0.0325 e. The van der Waals surface area contributed by atoms with E-state index in [0.717, 1.165) is 5.92 Å². The lowest BCUT2D eigenvalue weighted by molar-refractivity contribution is 0.527. The molecule has 50 valence electrons. The molecule has 0 bridgehead atoms. The summed E-state index contributed by atoms with van der Waals surface area (Å²) in [6.07, 6.45) is 16.6. The third kappa shape index (κ3) is 3.85. The van der Waals surface area contributed by atoms with E-state index in [4.69, 9.17) is 0 Å². The molecule has 1 atom stereocenters. The molecule has 0 nitrogen and oxygen atoms in total. The van der Waals surface area contributed by atoms with Crippen molar-refractivity contribution in [2.24, 2.45) is 5.92 Å². The molecule has 0 aliphatic heterocycles. The minimum atomic E-state index is 0.949. The van der Waals surface area contributed by atoms with Gasteiger partial charge < -0.3 is 0 Å². The van der Waals surface area contributed by atoms with Crippen molar-refractivity contribution in [3.8, 4) is 12.8 Å². The van der Waals surface area contributed by atoms with E-state index < -0.39 is 0 Å². The van der Waals surface area contributed by atoms with E-state index in [1.165, 1.54) is 19.3 Å². The van der Waals surface area contributed by atoms with Gasteiger partial charge in [-0.3, -0.25) is 0 Å². The van der Waals surface area contributed by atoms with Gasteiger partial charge in [-0.05, 0) is 25.2 Å². The fraction of sp³-hybridized carbons (Fsp3) is 0.556. The molecule has 0 N–H and O–H groups in total. The fourth-order valence-corrected chi connectivity index (χ4v) is 0.945. The highest BCUT2D eigenvalue weighted by Crippen LogP contribution is 2.15. The molecular formula is C9H14. The lowest BCUT2D eigenvalue weighted by atomic mass is 9.97. The maximum absolute atomic E-state index is 4.00. The van der Waals surface area contributed by atoms with Gasteiger partial charge in [0.05, 0.1) is 0 Å². The van der Waals surface area contributed by atoms with Crippen molar-refractivity contribution in [1.29, 1.82) is 0 Å². The summed E-state index contributed by atoms with van der Waals surface area (Å²) in [4.78, 5) is 0. The smallest absolute Gasteiger partial charge is 0.0325 e. The Balaban J connectivity index is 0.000000291. The van der Waals surface area contributed by atoms with Crippen molar-refractivity contribution in [2.45, 2.75) is 26.2 Å². The van der Waals surface area contributed by atoms with Crippen LogP contribution < -0.4 is 0 Å². The Hall–Kier alpha value is -0.700. The third-order valence-corrected chi connectivity index (χ3v) is 1.53. The van der Waals surface area contributed by atoms with Gasteiger partial charge >= 0.3 is 0 Å². The van der Waals surface area contributed by atoms with E-state index in [9.17, 15) is 0 Å². The number of hydrogen-bond acceptors (Lipinski definition) is 0. The van der Waals surface area contributed by atoms with Crippen molar-refractivity contribution >= 4 is 0 Å². The lowest BCUT2D eigenvalue weighted by Crippen LogP contribution is -1.94. The minimum Gasteiger partial charge on any atom is -0.124 e. The van der Waals surface area contributed by atoms with E-state index in [1.807, 2.05) is 0 Å². The van der Waals surface area contributed by atoms with Gasteiger partial charge in [-0.1, -0.05) is 19.1 Å². The quantitative estimate of drug-likeness (QED) is 0.342. The average molecular weight is 122 g/mol. The van der Waals surface area contributed by atoms with Crippen molar-refractivity contribution in [2.75, 3.05) is 0 Å². The molecule has 0 heterocycles. The molecule has 0 aromatic rings. The minimum absolute atomic E-state index is 0.949. The summed E-state index contributed by atoms with van der Waals surface area (Å²) in [7, 11) is 0. The predicted molar refractivity (Wildman–Crippen MR) is 42.0 cm³/mol. The van der Waals surface area contributed by atoms with Gasteiger partial charge in [0, 0.05) is 0 Å². The first-order valence-electron chi connectivity index (χ1n) is 3.38. The SMILES string of the molecule is C#C.CC1CC=CCC1. The first kappa shape index (κ1) is 8.30. The molecule has 1 aliphatic carbocycles. The van der Waals surface area contributed by atoms with Gasteiger partial charge in [-0.15, -0.1) is 12.8 Å². The summed E-state index contributed by atoms with van der Waals surface area (Å²) in [5, 5.41) is 0. The molecule has 0 spiro atoms. The largest absolute Gasteiger partial charge is 0.124 e. The standard InChI is InChI=1S/C7H12.C2H2/c1-7-5-3-2-4-6-7;1-2/h2-3,7H,4-6H2,1H3;1-2H. The Labute approximate surface area is 58.0 Å². The second-order valence-corrected chi connectivity index (χ2v) is 2.39. The Morgan fingerprint density at radius 2 is 2.00 bits per heavy atom. The van der Waals surface area contributed by atoms with Crippen LogP contribution in [0.25, 0.3) is 0 Å². The van der Waals surface area contributed by atoms with Crippen LogP contribution in [0, 0.1) is 18.8 Å². The molecule has 1 rings (SSSR count). The summed E-state index contributed by atoms with van der Waals surface area (Å²) in [6.45, 7) is 2.31.